The Morgan fingerprint density at radius 1 is 0.676 bits per heavy atom. The highest BCUT2D eigenvalue weighted by molar-refractivity contribution is 6.10. The van der Waals surface area contributed by atoms with Crippen molar-refractivity contribution in [3.8, 4) is 0 Å². The Labute approximate surface area is 209 Å². The van der Waals surface area contributed by atoms with Crippen LogP contribution in [0, 0.1) is 5.41 Å². The van der Waals surface area contributed by atoms with Gasteiger partial charge in [0.05, 0.1) is 0 Å². The lowest BCUT2D eigenvalue weighted by Gasteiger charge is -2.35. The summed E-state index contributed by atoms with van der Waals surface area (Å²) in [4.78, 5) is 7.05. The van der Waals surface area contributed by atoms with E-state index in [1.54, 1.807) is 0 Å². The van der Waals surface area contributed by atoms with Crippen molar-refractivity contribution in [1.29, 1.82) is 5.41 Å². The van der Waals surface area contributed by atoms with Gasteiger partial charge in [-0.15, -0.1) is 0 Å². The fraction of sp³-hybridized carbons (Fsp3) is 0.548. The van der Waals surface area contributed by atoms with Gasteiger partial charge in [0.25, 0.3) is 0 Å². The zero-order valence-electron chi connectivity index (χ0n) is 23.3. The van der Waals surface area contributed by atoms with E-state index < -0.39 is 0 Å². The Kier molecular flexibility index (Phi) is 8.91. The molecular formula is C31H47N3. The van der Waals surface area contributed by atoms with Crippen LogP contribution in [0.5, 0.6) is 0 Å². The summed E-state index contributed by atoms with van der Waals surface area (Å²) in [6.07, 6.45) is 4.43. The average molecular weight is 462 g/mol. The normalized spacial score (nSPS) is 13.2. The van der Waals surface area contributed by atoms with Gasteiger partial charge in [0.15, 0.2) is 5.84 Å². The molecule has 0 aliphatic heterocycles. The summed E-state index contributed by atoms with van der Waals surface area (Å²) >= 11 is 0. The average Bonchev–Trinajstić information content (AvgIpc) is 2.85. The first kappa shape index (κ1) is 27.8. The molecule has 0 aliphatic carbocycles. The van der Waals surface area contributed by atoms with E-state index in [0.29, 0.717) is 5.84 Å². The molecule has 1 N–H and O–H groups in total. The number of nitrogens with one attached hydrogen (secondary N) is 1. The number of benzene rings is 2. The molecule has 0 atom stereocenters. The number of rotatable bonds is 8. The Bertz CT molecular complexity index is 967. The molecule has 0 aromatic heterocycles. The molecule has 0 saturated carbocycles. The van der Waals surface area contributed by atoms with Gasteiger partial charge in [0, 0.05) is 23.7 Å². The minimum atomic E-state index is -0.118. The van der Waals surface area contributed by atoms with Gasteiger partial charge in [0.1, 0.15) is 5.84 Å². The molecule has 2 rings (SSSR count). The first-order chi connectivity index (χ1) is 15.8. The molecule has 3 heteroatoms. The topological polar surface area (TPSA) is 39.5 Å². The summed E-state index contributed by atoms with van der Waals surface area (Å²) in [5.74, 6) is 1.12. The number of aliphatic imine (C=N–C) groups is 1. The molecule has 0 aliphatic rings. The summed E-state index contributed by atoms with van der Waals surface area (Å²) in [6.45, 7) is 20.2. The van der Waals surface area contributed by atoms with Crippen LogP contribution in [0.15, 0.2) is 53.5 Å². The maximum Gasteiger partial charge on any atom is 0.154 e. The molecule has 2 aromatic carbocycles. The molecule has 0 unspecified atom stereocenters. The second-order valence-electron chi connectivity index (χ2n) is 11.2. The van der Waals surface area contributed by atoms with Crippen LogP contribution in [-0.2, 0) is 10.8 Å². The fourth-order valence-corrected chi connectivity index (χ4v) is 4.19. The summed E-state index contributed by atoms with van der Waals surface area (Å²) in [6, 6.07) is 17.3. The lowest BCUT2D eigenvalue weighted by atomic mass is 9.77. The Morgan fingerprint density at radius 2 is 1.03 bits per heavy atom. The Morgan fingerprint density at radius 3 is 1.35 bits per heavy atom. The third-order valence-electron chi connectivity index (χ3n) is 8.36. The van der Waals surface area contributed by atoms with Crippen molar-refractivity contribution in [2.24, 2.45) is 4.99 Å². The molecule has 0 radical (unpaired) electrons. The van der Waals surface area contributed by atoms with E-state index in [1.165, 1.54) is 11.1 Å². The van der Waals surface area contributed by atoms with Crippen LogP contribution in [0.1, 0.15) is 110 Å². The molecule has 34 heavy (non-hydrogen) atoms. The minimum Gasteiger partial charge on any atom is -0.354 e. The van der Waals surface area contributed by atoms with Crippen LogP contribution in [0.3, 0.4) is 0 Å². The predicted octanol–water partition coefficient (Wildman–Crippen LogP) is 8.34. The maximum absolute atomic E-state index is 8.81. The van der Waals surface area contributed by atoms with Gasteiger partial charge < -0.3 is 4.90 Å². The van der Waals surface area contributed by atoms with Crippen LogP contribution in [0.4, 0.5) is 0 Å². The number of amidine groups is 2. The second-order valence-corrected chi connectivity index (χ2v) is 11.2. The number of hydrogen-bond acceptors (Lipinski definition) is 1. The van der Waals surface area contributed by atoms with E-state index >= 15 is 0 Å². The van der Waals surface area contributed by atoms with Crippen LogP contribution in [0.2, 0.25) is 0 Å². The molecule has 186 valence electrons. The smallest absolute Gasteiger partial charge is 0.154 e. The van der Waals surface area contributed by atoms with Crippen LogP contribution < -0.4 is 0 Å². The van der Waals surface area contributed by atoms with Gasteiger partial charge in [-0.1, -0.05) is 90.1 Å². The quantitative estimate of drug-likeness (QED) is 0.311. The van der Waals surface area contributed by atoms with Crippen molar-refractivity contribution in [3.05, 3.63) is 70.8 Å². The van der Waals surface area contributed by atoms with Crippen molar-refractivity contribution in [3.63, 3.8) is 0 Å². The van der Waals surface area contributed by atoms with Gasteiger partial charge in [-0.05, 0) is 68.4 Å². The van der Waals surface area contributed by atoms with Gasteiger partial charge in [-0.2, -0.15) is 0 Å². The minimum absolute atomic E-state index is 0.118. The summed E-state index contributed by atoms with van der Waals surface area (Å²) in [5, 5.41) is 8.81. The van der Waals surface area contributed by atoms with Crippen LogP contribution >= 0.6 is 0 Å². The third-order valence-corrected chi connectivity index (χ3v) is 8.36. The Balaban J connectivity index is 2.47. The third kappa shape index (κ3) is 5.98. The van der Waals surface area contributed by atoms with Gasteiger partial charge in [-0.3, -0.25) is 5.41 Å². The van der Waals surface area contributed by atoms with Crippen molar-refractivity contribution >= 4 is 11.7 Å². The molecule has 3 nitrogen and oxygen atoms in total. The first-order valence-corrected chi connectivity index (χ1v) is 13.0. The molecule has 0 saturated heterocycles. The van der Waals surface area contributed by atoms with Gasteiger partial charge >= 0.3 is 0 Å². The predicted molar refractivity (Wildman–Crippen MR) is 150 cm³/mol. The molecule has 0 spiro atoms. The summed E-state index contributed by atoms with van der Waals surface area (Å²) in [5.41, 5.74) is 4.82. The zero-order chi connectivity index (χ0) is 25.7. The van der Waals surface area contributed by atoms with Crippen molar-refractivity contribution in [2.75, 3.05) is 7.05 Å². The van der Waals surface area contributed by atoms with E-state index in [-0.39, 0.29) is 16.4 Å². The highest BCUT2D eigenvalue weighted by Crippen LogP contribution is 2.32. The van der Waals surface area contributed by atoms with Crippen molar-refractivity contribution < 1.29 is 0 Å². The van der Waals surface area contributed by atoms with E-state index in [2.05, 4.69) is 123 Å². The van der Waals surface area contributed by atoms with E-state index in [9.17, 15) is 0 Å². The van der Waals surface area contributed by atoms with Crippen LogP contribution in [0.25, 0.3) is 0 Å². The lowest BCUT2D eigenvalue weighted by Crippen LogP contribution is -2.43. The highest BCUT2D eigenvalue weighted by atomic mass is 15.2. The molecule has 0 bridgehead atoms. The second kappa shape index (κ2) is 10.9. The molecule has 2 aromatic rings. The Hall–Kier alpha value is -2.42. The molecular weight excluding hydrogens is 414 g/mol. The first-order valence-electron chi connectivity index (χ1n) is 13.0. The van der Waals surface area contributed by atoms with E-state index in [0.717, 1.165) is 42.6 Å². The van der Waals surface area contributed by atoms with Gasteiger partial charge in [0.2, 0.25) is 0 Å². The number of nitrogens with zero attached hydrogens (tertiary/aromatic N) is 2. The highest BCUT2D eigenvalue weighted by Gasteiger charge is 2.26. The molecule has 0 heterocycles. The summed E-state index contributed by atoms with van der Waals surface area (Å²) in [7, 11) is 2.07. The maximum atomic E-state index is 8.81. The van der Waals surface area contributed by atoms with Crippen molar-refractivity contribution in [2.45, 2.75) is 104 Å². The van der Waals surface area contributed by atoms with E-state index in [4.69, 9.17) is 10.4 Å². The van der Waals surface area contributed by atoms with E-state index in [1.807, 2.05) is 0 Å². The van der Waals surface area contributed by atoms with Crippen molar-refractivity contribution in [1.82, 2.24) is 4.90 Å². The monoisotopic (exact) mass is 461 g/mol. The zero-order valence-corrected chi connectivity index (χ0v) is 23.3. The largest absolute Gasteiger partial charge is 0.354 e. The molecule has 0 fully saturated rings. The van der Waals surface area contributed by atoms with Crippen LogP contribution in [-0.4, -0.2) is 29.2 Å². The standard InChI is InChI=1S/C31H47N3/c1-11-30(8,12-2)25-19-15-23(16-20-25)27(32)33-28(34(10)29(5,6)7)24-17-21-26(22-18-24)31(9,13-3)14-4/h15-22,32H,11-14H2,1-10H3. The fourth-order valence-electron chi connectivity index (χ4n) is 4.19. The number of hydrogen-bond donors (Lipinski definition) is 1. The lowest BCUT2D eigenvalue weighted by molar-refractivity contribution is 0.282. The molecule has 0 amide bonds. The summed E-state index contributed by atoms with van der Waals surface area (Å²) < 4.78 is 0. The van der Waals surface area contributed by atoms with Gasteiger partial charge in [-0.25, -0.2) is 4.99 Å². The SMILES string of the molecule is CCC(C)(CC)c1ccc(C(=N)N=C(c2ccc(C(C)(CC)CC)cc2)N(C)C(C)(C)C)cc1.